The van der Waals surface area contributed by atoms with Crippen molar-refractivity contribution in [3.63, 3.8) is 0 Å². The van der Waals surface area contributed by atoms with Crippen LogP contribution in [0, 0.1) is 0 Å². The summed E-state index contributed by atoms with van der Waals surface area (Å²) in [7, 11) is 0. The highest BCUT2D eigenvalue weighted by Gasteiger charge is 2.32. The van der Waals surface area contributed by atoms with Crippen LogP contribution in [0.25, 0.3) is 0 Å². The lowest BCUT2D eigenvalue weighted by molar-refractivity contribution is 0.0162. The molecule has 21 heavy (non-hydrogen) atoms. The fourth-order valence-corrected chi connectivity index (χ4v) is 2.22. The molecule has 0 saturated heterocycles. The molecule has 1 unspecified atom stereocenters. The average Bonchev–Trinajstić information content (AvgIpc) is 2.41. The summed E-state index contributed by atoms with van der Waals surface area (Å²) in [4.78, 5) is 12.0. The first-order valence-corrected chi connectivity index (χ1v) is 7.16. The number of hydrogen-bond donors (Lipinski definition) is 1. The Morgan fingerprint density at radius 1 is 1.38 bits per heavy atom. The molecular formula is C16H22O5. The van der Waals surface area contributed by atoms with Gasteiger partial charge in [-0.1, -0.05) is 0 Å². The van der Waals surface area contributed by atoms with Crippen LogP contribution in [0.5, 0.6) is 11.5 Å². The molecule has 0 amide bonds. The largest absolute Gasteiger partial charge is 0.491 e. The number of carbonyl (C=O) groups excluding carboxylic acids is 1. The van der Waals surface area contributed by atoms with E-state index in [4.69, 9.17) is 14.2 Å². The standard InChI is InChI=1S/C16H22O5/c1-4-19-9-11(17)10-20-12-5-6-13-14(18)8-16(2,3)21-15(13)7-12/h5-7,11,17H,4,8-10H2,1-3H3. The van der Waals surface area contributed by atoms with Crippen LogP contribution in [0.3, 0.4) is 0 Å². The van der Waals surface area contributed by atoms with Gasteiger partial charge in [0.15, 0.2) is 5.78 Å². The molecule has 1 aromatic carbocycles. The number of benzene rings is 1. The van der Waals surface area contributed by atoms with Crippen molar-refractivity contribution in [3.8, 4) is 11.5 Å². The molecule has 1 aliphatic rings. The molecule has 1 N–H and O–H groups in total. The molecule has 5 heteroatoms. The first-order chi connectivity index (χ1) is 9.91. The molecule has 0 fully saturated rings. The Bertz CT molecular complexity index is 509. The number of carbonyl (C=O) groups is 1. The van der Waals surface area contributed by atoms with Crippen LogP contribution in [0.4, 0.5) is 0 Å². The van der Waals surface area contributed by atoms with E-state index in [1.165, 1.54) is 0 Å². The molecule has 0 aliphatic carbocycles. The summed E-state index contributed by atoms with van der Waals surface area (Å²) >= 11 is 0. The van der Waals surface area contributed by atoms with Gasteiger partial charge in [0.05, 0.1) is 18.6 Å². The molecule has 116 valence electrons. The highest BCUT2D eigenvalue weighted by atomic mass is 16.5. The zero-order valence-electron chi connectivity index (χ0n) is 12.7. The zero-order chi connectivity index (χ0) is 15.5. The van der Waals surface area contributed by atoms with Crippen molar-refractivity contribution in [3.05, 3.63) is 23.8 Å². The second-order valence-electron chi connectivity index (χ2n) is 5.74. The van der Waals surface area contributed by atoms with Crippen molar-refractivity contribution in [1.29, 1.82) is 0 Å². The maximum absolute atomic E-state index is 12.0. The molecule has 0 radical (unpaired) electrons. The third kappa shape index (κ3) is 4.19. The molecule has 1 aliphatic heterocycles. The summed E-state index contributed by atoms with van der Waals surface area (Å²) in [5, 5.41) is 9.67. The number of Topliss-reactive ketones (excluding diaryl/α,β-unsaturated/α-hetero) is 1. The monoisotopic (exact) mass is 294 g/mol. The Morgan fingerprint density at radius 3 is 2.86 bits per heavy atom. The van der Waals surface area contributed by atoms with Gasteiger partial charge in [-0.3, -0.25) is 4.79 Å². The summed E-state index contributed by atoms with van der Waals surface area (Å²) in [6.07, 6.45) is -0.312. The lowest BCUT2D eigenvalue weighted by Gasteiger charge is -2.31. The van der Waals surface area contributed by atoms with E-state index in [0.29, 0.717) is 30.1 Å². The van der Waals surface area contributed by atoms with E-state index in [-0.39, 0.29) is 19.0 Å². The van der Waals surface area contributed by atoms with Gasteiger partial charge in [-0.05, 0) is 32.9 Å². The van der Waals surface area contributed by atoms with Gasteiger partial charge < -0.3 is 19.3 Å². The molecular weight excluding hydrogens is 272 g/mol. The third-order valence-corrected chi connectivity index (χ3v) is 3.18. The van der Waals surface area contributed by atoms with Gasteiger partial charge >= 0.3 is 0 Å². The minimum Gasteiger partial charge on any atom is -0.491 e. The maximum Gasteiger partial charge on any atom is 0.170 e. The normalized spacial score (nSPS) is 17.8. The summed E-state index contributed by atoms with van der Waals surface area (Å²) in [5.74, 6) is 1.17. The van der Waals surface area contributed by atoms with Crippen LogP contribution in [-0.4, -0.2) is 42.4 Å². The summed E-state index contributed by atoms with van der Waals surface area (Å²) in [5.41, 5.74) is 0.0773. The van der Waals surface area contributed by atoms with Gasteiger partial charge in [-0.2, -0.15) is 0 Å². The second kappa shape index (κ2) is 6.45. The van der Waals surface area contributed by atoms with Gasteiger partial charge in [0, 0.05) is 12.7 Å². The number of aliphatic hydroxyl groups excluding tert-OH is 1. The topological polar surface area (TPSA) is 65.0 Å². The lowest BCUT2D eigenvalue weighted by Crippen LogP contribution is -2.35. The van der Waals surface area contributed by atoms with Crippen molar-refractivity contribution >= 4 is 5.78 Å². The first kappa shape index (κ1) is 15.8. The average molecular weight is 294 g/mol. The number of ketones is 1. The number of rotatable bonds is 6. The first-order valence-electron chi connectivity index (χ1n) is 7.16. The van der Waals surface area contributed by atoms with Crippen molar-refractivity contribution < 1.29 is 24.1 Å². The van der Waals surface area contributed by atoms with E-state index in [2.05, 4.69) is 0 Å². The minimum absolute atomic E-state index is 0.0733. The molecule has 0 bridgehead atoms. The van der Waals surface area contributed by atoms with Crippen LogP contribution < -0.4 is 9.47 Å². The summed E-state index contributed by atoms with van der Waals surface area (Å²) < 4.78 is 16.4. The van der Waals surface area contributed by atoms with E-state index >= 15 is 0 Å². The third-order valence-electron chi connectivity index (χ3n) is 3.18. The highest BCUT2D eigenvalue weighted by molar-refractivity contribution is 6.00. The van der Waals surface area contributed by atoms with Gasteiger partial charge in [-0.25, -0.2) is 0 Å². The predicted octanol–water partition coefficient (Wildman–Crippen LogP) is 2.21. The van der Waals surface area contributed by atoms with E-state index < -0.39 is 11.7 Å². The number of hydrogen-bond acceptors (Lipinski definition) is 5. The molecule has 2 rings (SSSR count). The van der Waals surface area contributed by atoms with Crippen molar-refractivity contribution in [2.24, 2.45) is 0 Å². The Balaban J connectivity index is 2.02. The molecule has 1 heterocycles. The Kier molecular flexibility index (Phi) is 4.85. The molecule has 0 saturated carbocycles. The quantitative estimate of drug-likeness (QED) is 0.871. The smallest absolute Gasteiger partial charge is 0.170 e. The van der Waals surface area contributed by atoms with Crippen LogP contribution in [-0.2, 0) is 4.74 Å². The van der Waals surface area contributed by atoms with E-state index in [1.54, 1.807) is 18.2 Å². The fraction of sp³-hybridized carbons (Fsp3) is 0.562. The SMILES string of the molecule is CCOCC(O)COc1ccc2c(c1)OC(C)(C)CC2=O. The zero-order valence-corrected chi connectivity index (χ0v) is 12.7. The van der Waals surface area contributed by atoms with Crippen LogP contribution in [0.2, 0.25) is 0 Å². The van der Waals surface area contributed by atoms with Crippen LogP contribution >= 0.6 is 0 Å². The maximum atomic E-state index is 12.0. The molecule has 0 spiro atoms. The van der Waals surface area contributed by atoms with Crippen molar-refractivity contribution in [1.82, 2.24) is 0 Å². The molecule has 5 nitrogen and oxygen atoms in total. The van der Waals surface area contributed by atoms with Gasteiger partial charge in [0.2, 0.25) is 0 Å². The van der Waals surface area contributed by atoms with Crippen molar-refractivity contribution in [2.75, 3.05) is 19.8 Å². The lowest BCUT2D eigenvalue weighted by atomic mass is 9.93. The van der Waals surface area contributed by atoms with Crippen LogP contribution in [0.1, 0.15) is 37.6 Å². The van der Waals surface area contributed by atoms with E-state index in [9.17, 15) is 9.90 Å². The van der Waals surface area contributed by atoms with E-state index in [0.717, 1.165) is 0 Å². The van der Waals surface area contributed by atoms with E-state index in [1.807, 2.05) is 20.8 Å². The number of ether oxygens (including phenoxy) is 3. The van der Waals surface area contributed by atoms with Gasteiger partial charge in [-0.15, -0.1) is 0 Å². The Labute approximate surface area is 124 Å². The molecule has 0 aromatic heterocycles. The molecule has 1 aromatic rings. The Morgan fingerprint density at radius 2 is 2.14 bits per heavy atom. The summed E-state index contributed by atoms with van der Waals surface area (Å²) in [6, 6.07) is 5.12. The highest BCUT2D eigenvalue weighted by Crippen LogP contribution is 2.35. The number of aliphatic hydroxyl groups is 1. The predicted molar refractivity (Wildman–Crippen MR) is 78.1 cm³/mol. The van der Waals surface area contributed by atoms with Gasteiger partial charge in [0.1, 0.15) is 29.8 Å². The summed E-state index contributed by atoms with van der Waals surface area (Å²) in [6.45, 7) is 6.56. The molecule has 1 atom stereocenters. The fourth-order valence-electron chi connectivity index (χ4n) is 2.22. The van der Waals surface area contributed by atoms with Crippen molar-refractivity contribution in [2.45, 2.75) is 38.9 Å². The number of fused-ring (bicyclic) bond motifs is 1. The minimum atomic E-state index is -0.681. The second-order valence-corrected chi connectivity index (χ2v) is 5.74. The van der Waals surface area contributed by atoms with Gasteiger partial charge in [0.25, 0.3) is 0 Å². The Hall–Kier alpha value is -1.59. The van der Waals surface area contributed by atoms with Crippen LogP contribution in [0.15, 0.2) is 18.2 Å².